The molecular formula is C18H15N3O2. The van der Waals surface area contributed by atoms with Gasteiger partial charge in [-0.2, -0.15) is 5.26 Å². The number of ether oxygens (including phenoxy) is 2. The molecule has 1 aromatic heterocycles. The first-order valence-electron chi connectivity index (χ1n) is 7.56. The van der Waals surface area contributed by atoms with Crippen LogP contribution in [-0.2, 0) is 13.0 Å². The molecule has 0 spiro atoms. The van der Waals surface area contributed by atoms with Crippen LogP contribution in [0.25, 0.3) is 11.0 Å². The van der Waals surface area contributed by atoms with Gasteiger partial charge in [-0.05, 0) is 17.7 Å². The molecule has 3 aromatic rings. The van der Waals surface area contributed by atoms with Crippen LogP contribution in [0, 0.1) is 11.3 Å². The molecule has 2 aromatic carbocycles. The van der Waals surface area contributed by atoms with Crippen molar-refractivity contribution in [3.8, 4) is 17.6 Å². The molecule has 4 rings (SSSR count). The summed E-state index contributed by atoms with van der Waals surface area (Å²) < 4.78 is 13.1. The number of nitrogens with zero attached hydrogens (tertiary/aromatic N) is 3. The lowest BCUT2D eigenvalue weighted by atomic mass is 10.1. The summed E-state index contributed by atoms with van der Waals surface area (Å²) in [4.78, 5) is 4.71. The van der Waals surface area contributed by atoms with E-state index in [9.17, 15) is 0 Å². The highest BCUT2D eigenvalue weighted by atomic mass is 16.7. The van der Waals surface area contributed by atoms with Gasteiger partial charge in [-0.1, -0.05) is 19.1 Å². The lowest BCUT2D eigenvalue weighted by Crippen LogP contribution is -2.04. The van der Waals surface area contributed by atoms with Crippen LogP contribution < -0.4 is 9.47 Å². The van der Waals surface area contributed by atoms with Gasteiger partial charge in [0.1, 0.15) is 5.82 Å². The van der Waals surface area contributed by atoms with Crippen LogP contribution in [0.1, 0.15) is 23.9 Å². The van der Waals surface area contributed by atoms with Crippen molar-refractivity contribution in [3.05, 3.63) is 53.3 Å². The molecule has 1 aliphatic heterocycles. The maximum atomic E-state index is 8.91. The van der Waals surface area contributed by atoms with E-state index >= 15 is 0 Å². The Morgan fingerprint density at radius 3 is 2.61 bits per heavy atom. The Morgan fingerprint density at radius 1 is 1.17 bits per heavy atom. The maximum Gasteiger partial charge on any atom is 0.231 e. The van der Waals surface area contributed by atoms with E-state index in [2.05, 4.69) is 17.6 Å². The molecular weight excluding hydrogens is 290 g/mol. The number of aryl methyl sites for hydroxylation is 1. The van der Waals surface area contributed by atoms with E-state index in [0.717, 1.165) is 40.3 Å². The average Bonchev–Trinajstić information content (AvgIpc) is 3.17. The van der Waals surface area contributed by atoms with Gasteiger partial charge in [0, 0.05) is 25.1 Å². The van der Waals surface area contributed by atoms with Crippen LogP contribution in [0.5, 0.6) is 11.5 Å². The fourth-order valence-corrected chi connectivity index (χ4v) is 2.88. The number of nitriles is 1. The van der Waals surface area contributed by atoms with E-state index < -0.39 is 0 Å². The van der Waals surface area contributed by atoms with Crippen LogP contribution in [-0.4, -0.2) is 16.3 Å². The highest BCUT2D eigenvalue weighted by Gasteiger charge is 2.18. The third-order valence-corrected chi connectivity index (χ3v) is 4.06. The van der Waals surface area contributed by atoms with Gasteiger partial charge in [0.25, 0.3) is 0 Å². The predicted molar refractivity (Wildman–Crippen MR) is 85.5 cm³/mol. The van der Waals surface area contributed by atoms with Gasteiger partial charge >= 0.3 is 0 Å². The van der Waals surface area contributed by atoms with Crippen LogP contribution in [0.15, 0.2) is 36.4 Å². The highest BCUT2D eigenvalue weighted by Crippen LogP contribution is 2.36. The lowest BCUT2D eigenvalue weighted by Gasteiger charge is -2.09. The molecule has 23 heavy (non-hydrogen) atoms. The molecule has 5 heteroatoms. The second-order valence-electron chi connectivity index (χ2n) is 5.47. The van der Waals surface area contributed by atoms with Crippen LogP contribution >= 0.6 is 0 Å². The molecule has 0 amide bonds. The highest BCUT2D eigenvalue weighted by molar-refractivity contribution is 5.81. The van der Waals surface area contributed by atoms with Crippen molar-refractivity contribution < 1.29 is 9.47 Å². The summed E-state index contributed by atoms with van der Waals surface area (Å²) in [5.41, 5.74) is 3.76. The van der Waals surface area contributed by atoms with E-state index in [4.69, 9.17) is 19.7 Å². The Bertz CT molecular complexity index is 920. The van der Waals surface area contributed by atoms with Gasteiger partial charge < -0.3 is 14.0 Å². The Balaban J connectivity index is 1.79. The molecule has 0 fully saturated rings. The van der Waals surface area contributed by atoms with Crippen molar-refractivity contribution in [2.24, 2.45) is 0 Å². The van der Waals surface area contributed by atoms with Crippen molar-refractivity contribution in [1.82, 2.24) is 9.55 Å². The van der Waals surface area contributed by atoms with E-state index in [-0.39, 0.29) is 6.79 Å². The number of rotatable bonds is 3. The maximum absolute atomic E-state index is 8.91. The summed E-state index contributed by atoms with van der Waals surface area (Å²) >= 11 is 0. The fraction of sp³-hybridized carbons (Fsp3) is 0.222. The third-order valence-electron chi connectivity index (χ3n) is 4.06. The Labute approximate surface area is 133 Å². The number of fused-ring (bicyclic) bond motifs is 2. The minimum Gasteiger partial charge on any atom is -0.454 e. The standard InChI is InChI=1S/C18H15N3O2/c1-2-18-20-14-7-16-17(23-11-22-16)8-15(14)21(18)10-13-5-3-12(9-19)4-6-13/h3-8H,2,10-11H2,1H3. The number of benzene rings is 2. The van der Waals surface area contributed by atoms with Gasteiger partial charge in [0.15, 0.2) is 11.5 Å². The second kappa shape index (κ2) is 5.33. The first-order chi connectivity index (χ1) is 11.3. The molecule has 0 N–H and O–H groups in total. The zero-order valence-electron chi connectivity index (χ0n) is 12.7. The van der Waals surface area contributed by atoms with E-state index in [1.807, 2.05) is 36.4 Å². The van der Waals surface area contributed by atoms with Gasteiger partial charge in [-0.15, -0.1) is 0 Å². The third kappa shape index (κ3) is 2.29. The largest absolute Gasteiger partial charge is 0.454 e. The van der Waals surface area contributed by atoms with Crippen LogP contribution in [0.2, 0.25) is 0 Å². The van der Waals surface area contributed by atoms with Gasteiger partial charge in [-0.25, -0.2) is 4.98 Å². The predicted octanol–water partition coefficient (Wildman–Crippen LogP) is 3.25. The quantitative estimate of drug-likeness (QED) is 0.745. The molecule has 0 aliphatic carbocycles. The van der Waals surface area contributed by atoms with E-state index in [1.54, 1.807) is 0 Å². The molecule has 2 heterocycles. The molecule has 0 atom stereocenters. The first kappa shape index (κ1) is 13.6. The van der Waals surface area contributed by atoms with E-state index in [0.29, 0.717) is 12.1 Å². The SMILES string of the molecule is CCc1nc2cc3c(cc2n1Cc1ccc(C#N)cc1)OCO3. The zero-order chi connectivity index (χ0) is 15.8. The van der Waals surface area contributed by atoms with Gasteiger partial charge in [0.05, 0.1) is 22.7 Å². The number of imidazole rings is 1. The van der Waals surface area contributed by atoms with Crippen molar-refractivity contribution in [1.29, 1.82) is 5.26 Å². The molecule has 0 unspecified atom stereocenters. The van der Waals surface area contributed by atoms with Crippen molar-refractivity contribution in [2.45, 2.75) is 19.9 Å². The summed E-state index contributed by atoms with van der Waals surface area (Å²) in [6.45, 7) is 3.07. The average molecular weight is 305 g/mol. The van der Waals surface area contributed by atoms with Crippen molar-refractivity contribution >= 4 is 11.0 Å². The topological polar surface area (TPSA) is 60.1 Å². The zero-order valence-corrected chi connectivity index (χ0v) is 12.7. The molecule has 0 saturated carbocycles. The molecule has 0 radical (unpaired) electrons. The Morgan fingerprint density at radius 2 is 1.91 bits per heavy atom. The number of hydrogen-bond donors (Lipinski definition) is 0. The summed E-state index contributed by atoms with van der Waals surface area (Å²) in [5, 5.41) is 8.91. The smallest absolute Gasteiger partial charge is 0.231 e. The van der Waals surface area contributed by atoms with Crippen molar-refractivity contribution in [3.63, 3.8) is 0 Å². The van der Waals surface area contributed by atoms with Crippen molar-refractivity contribution in [2.75, 3.05) is 6.79 Å². The van der Waals surface area contributed by atoms with Crippen LogP contribution in [0.3, 0.4) is 0 Å². The summed E-state index contributed by atoms with van der Waals surface area (Å²) in [5.74, 6) is 2.54. The van der Waals surface area contributed by atoms with Gasteiger partial charge in [0.2, 0.25) is 6.79 Å². The fourth-order valence-electron chi connectivity index (χ4n) is 2.88. The normalized spacial score (nSPS) is 12.5. The lowest BCUT2D eigenvalue weighted by molar-refractivity contribution is 0.174. The molecule has 0 saturated heterocycles. The monoisotopic (exact) mass is 305 g/mol. The van der Waals surface area contributed by atoms with Crippen LogP contribution in [0.4, 0.5) is 0 Å². The molecule has 0 bridgehead atoms. The Kier molecular flexibility index (Phi) is 3.16. The second-order valence-corrected chi connectivity index (χ2v) is 5.47. The van der Waals surface area contributed by atoms with E-state index in [1.165, 1.54) is 0 Å². The minimum atomic E-state index is 0.262. The first-order valence-corrected chi connectivity index (χ1v) is 7.56. The minimum absolute atomic E-state index is 0.262. The molecule has 1 aliphatic rings. The summed E-state index contributed by atoms with van der Waals surface area (Å²) in [6.07, 6.45) is 0.845. The molecule has 5 nitrogen and oxygen atoms in total. The Hall–Kier alpha value is -3.00. The number of aromatic nitrogens is 2. The van der Waals surface area contributed by atoms with Gasteiger partial charge in [-0.3, -0.25) is 0 Å². The number of hydrogen-bond acceptors (Lipinski definition) is 4. The summed E-state index contributed by atoms with van der Waals surface area (Å²) in [7, 11) is 0. The summed E-state index contributed by atoms with van der Waals surface area (Å²) in [6, 6.07) is 13.7. The molecule has 114 valence electrons.